The molecule has 0 radical (unpaired) electrons. The fourth-order valence-electron chi connectivity index (χ4n) is 2.58. The van der Waals surface area contributed by atoms with E-state index in [2.05, 4.69) is 5.32 Å². The van der Waals surface area contributed by atoms with Gasteiger partial charge in [0.1, 0.15) is 11.8 Å². The summed E-state index contributed by atoms with van der Waals surface area (Å²) < 4.78 is 5.50. The minimum absolute atomic E-state index is 0.0263. The second kappa shape index (κ2) is 8.55. The van der Waals surface area contributed by atoms with Crippen LogP contribution in [0.5, 0.6) is 0 Å². The van der Waals surface area contributed by atoms with Crippen LogP contribution in [0.25, 0.3) is 0 Å². The molecular weight excluding hydrogens is 364 g/mol. The Hall–Kier alpha value is -3.06. The van der Waals surface area contributed by atoms with Crippen molar-refractivity contribution in [2.45, 2.75) is 23.1 Å². The Morgan fingerprint density at radius 1 is 1.07 bits per heavy atom. The van der Waals surface area contributed by atoms with Gasteiger partial charge in [0.25, 0.3) is 5.69 Å². The number of amides is 1. The third-order valence-electron chi connectivity index (χ3n) is 3.98. The number of nitro benzene ring substituents is 1. The molecule has 1 aromatic heterocycles. The molecule has 1 N–H and O–H groups in total. The number of hydrogen-bond acceptors (Lipinski definition) is 5. The van der Waals surface area contributed by atoms with Gasteiger partial charge in [-0.2, -0.15) is 0 Å². The molecule has 1 amide bonds. The normalized spacial score (nSPS) is 12.9. The van der Waals surface area contributed by atoms with Crippen LogP contribution < -0.4 is 5.32 Å². The summed E-state index contributed by atoms with van der Waals surface area (Å²) in [5.74, 6) is 0.505. The van der Waals surface area contributed by atoms with E-state index >= 15 is 0 Å². The van der Waals surface area contributed by atoms with Crippen molar-refractivity contribution in [2.75, 3.05) is 0 Å². The van der Waals surface area contributed by atoms with Crippen LogP contribution in [0, 0.1) is 10.1 Å². The maximum Gasteiger partial charge on any atom is 0.269 e. The third-order valence-corrected chi connectivity index (χ3v) is 5.09. The van der Waals surface area contributed by atoms with Crippen LogP contribution in [0.15, 0.2) is 82.3 Å². The molecule has 7 heteroatoms. The summed E-state index contributed by atoms with van der Waals surface area (Å²) in [5, 5.41) is 13.4. The van der Waals surface area contributed by atoms with Crippen LogP contribution in [0.4, 0.5) is 5.69 Å². The lowest BCUT2D eigenvalue weighted by Gasteiger charge is -2.20. The lowest BCUT2D eigenvalue weighted by molar-refractivity contribution is -0.384. The molecule has 0 spiro atoms. The van der Waals surface area contributed by atoms with E-state index in [0.29, 0.717) is 5.76 Å². The summed E-state index contributed by atoms with van der Waals surface area (Å²) in [6, 6.07) is 19.0. The van der Waals surface area contributed by atoms with E-state index in [4.69, 9.17) is 4.42 Å². The highest BCUT2D eigenvalue weighted by atomic mass is 32.2. The number of benzene rings is 2. The first-order chi connectivity index (χ1) is 13.0. The summed E-state index contributed by atoms with van der Waals surface area (Å²) in [6.45, 7) is 1.80. The molecule has 138 valence electrons. The zero-order valence-corrected chi connectivity index (χ0v) is 15.4. The van der Waals surface area contributed by atoms with Gasteiger partial charge < -0.3 is 9.73 Å². The van der Waals surface area contributed by atoms with Gasteiger partial charge in [0.05, 0.1) is 16.4 Å². The molecule has 0 aliphatic carbocycles. The Bertz CT molecular complexity index is 896. The molecule has 0 fully saturated rings. The van der Waals surface area contributed by atoms with Crippen LogP contribution in [-0.2, 0) is 4.79 Å². The van der Waals surface area contributed by atoms with Crippen molar-refractivity contribution < 1.29 is 14.1 Å². The summed E-state index contributed by atoms with van der Waals surface area (Å²) in [4.78, 5) is 23.8. The first-order valence-electron chi connectivity index (χ1n) is 8.34. The van der Waals surface area contributed by atoms with Gasteiger partial charge in [-0.25, -0.2) is 0 Å². The largest absolute Gasteiger partial charge is 0.467 e. The topological polar surface area (TPSA) is 85.4 Å². The van der Waals surface area contributed by atoms with Gasteiger partial charge in [0.2, 0.25) is 5.91 Å². The zero-order valence-electron chi connectivity index (χ0n) is 14.6. The summed E-state index contributed by atoms with van der Waals surface area (Å²) >= 11 is 1.34. The zero-order chi connectivity index (χ0) is 19.2. The number of furan rings is 1. The van der Waals surface area contributed by atoms with Gasteiger partial charge in [-0.05, 0) is 36.8 Å². The molecule has 0 saturated heterocycles. The van der Waals surface area contributed by atoms with Crippen molar-refractivity contribution in [1.29, 1.82) is 0 Å². The lowest BCUT2D eigenvalue weighted by atomic mass is 10.0. The van der Waals surface area contributed by atoms with Crippen LogP contribution in [-0.4, -0.2) is 16.1 Å². The fraction of sp³-hybridized carbons (Fsp3) is 0.150. The third kappa shape index (κ3) is 4.77. The van der Waals surface area contributed by atoms with E-state index in [1.54, 1.807) is 31.4 Å². The van der Waals surface area contributed by atoms with Crippen molar-refractivity contribution in [1.82, 2.24) is 5.32 Å². The molecule has 1 heterocycles. The molecule has 2 unspecified atom stereocenters. The Labute approximate surface area is 160 Å². The van der Waals surface area contributed by atoms with E-state index in [-0.39, 0.29) is 22.9 Å². The van der Waals surface area contributed by atoms with E-state index in [9.17, 15) is 14.9 Å². The summed E-state index contributed by atoms with van der Waals surface area (Å²) in [6.07, 6.45) is 1.58. The monoisotopic (exact) mass is 382 g/mol. The molecule has 27 heavy (non-hydrogen) atoms. The standard InChI is InChI=1S/C20H18N2O4S/c1-14(27-17-11-9-16(10-12-17)22(24)25)20(23)21-19(18-8-5-13-26-18)15-6-3-2-4-7-15/h2-14,19H,1H3,(H,21,23). The van der Waals surface area contributed by atoms with Crippen LogP contribution in [0.2, 0.25) is 0 Å². The number of nitro groups is 1. The number of carbonyl (C=O) groups excluding carboxylic acids is 1. The minimum Gasteiger partial charge on any atom is -0.467 e. The molecule has 3 aromatic rings. The number of non-ortho nitro benzene ring substituents is 1. The molecule has 3 rings (SSSR count). The van der Waals surface area contributed by atoms with Crippen molar-refractivity contribution in [3.63, 3.8) is 0 Å². The SMILES string of the molecule is CC(Sc1ccc([N+](=O)[O-])cc1)C(=O)NC(c1ccccc1)c1ccco1. The Balaban J connectivity index is 1.70. The van der Waals surface area contributed by atoms with E-state index in [0.717, 1.165) is 10.5 Å². The molecule has 6 nitrogen and oxygen atoms in total. The second-order valence-corrected chi connectivity index (χ2v) is 7.29. The smallest absolute Gasteiger partial charge is 0.269 e. The molecule has 2 atom stereocenters. The van der Waals surface area contributed by atoms with E-state index < -0.39 is 4.92 Å². The number of thioether (sulfide) groups is 1. The number of hydrogen-bond donors (Lipinski definition) is 1. The Morgan fingerprint density at radius 3 is 2.37 bits per heavy atom. The molecule has 0 aliphatic rings. The van der Waals surface area contributed by atoms with Crippen molar-refractivity contribution >= 4 is 23.4 Å². The highest BCUT2D eigenvalue weighted by Crippen LogP contribution is 2.27. The molecule has 0 saturated carbocycles. The van der Waals surface area contributed by atoms with E-state index in [1.165, 1.54) is 23.9 Å². The first kappa shape index (κ1) is 18.7. The summed E-state index contributed by atoms with van der Waals surface area (Å²) in [5.41, 5.74) is 0.951. The molecule has 0 bridgehead atoms. The average Bonchev–Trinajstić information content (AvgIpc) is 3.21. The van der Waals surface area contributed by atoms with Crippen LogP contribution in [0.1, 0.15) is 24.3 Å². The van der Waals surface area contributed by atoms with Crippen molar-refractivity contribution in [3.05, 3.63) is 94.4 Å². The lowest BCUT2D eigenvalue weighted by Crippen LogP contribution is -2.34. The van der Waals surface area contributed by atoms with Crippen molar-refractivity contribution in [2.24, 2.45) is 0 Å². The predicted octanol–water partition coefficient (Wildman–Crippen LogP) is 4.57. The number of rotatable bonds is 7. The Morgan fingerprint density at radius 2 is 1.78 bits per heavy atom. The van der Waals surface area contributed by atoms with Gasteiger partial charge >= 0.3 is 0 Å². The van der Waals surface area contributed by atoms with Crippen molar-refractivity contribution in [3.8, 4) is 0 Å². The maximum absolute atomic E-state index is 12.7. The van der Waals surface area contributed by atoms with Gasteiger partial charge in [-0.3, -0.25) is 14.9 Å². The van der Waals surface area contributed by atoms with Gasteiger partial charge in [0, 0.05) is 17.0 Å². The minimum atomic E-state index is -0.446. The van der Waals surface area contributed by atoms with Gasteiger partial charge in [0.15, 0.2) is 0 Å². The summed E-state index contributed by atoms with van der Waals surface area (Å²) in [7, 11) is 0. The number of carbonyl (C=O) groups is 1. The van der Waals surface area contributed by atoms with Crippen LogP contribution >= 0.6 is 11.8 Å². The average molecular weight is 382 g/mol. The Kier molecular flexibility index (Phi) is 5.93. The number of nitrogens with zero attached hydrogens (tertiary/aromatic N) is 1. The molecule has 2 aromatic carbocycles. The second-order valence-electron chi connectivity index (χ2n) is 5.88. The van der Waals surface area contributed by atoms with Gasteiger partial charge in [-0.1, -0.05) is 30.3 Å². The quantitative estimate of drug-likeness (QED) is 0.367. The fourth-order valence-corrected chi connectivity index (χ4v) is 3.46. The van der Waals surface area contributed by atoms with E-state index in [1.807, 2.05) is 36.4 Å². The number of nitrogens with one attached hydrogen (secondary N) is 1. The molecular formula is C20H18N2O4S. The van der Waals surface area contributed by atoms with Crippen LogP contribution in [0.3, 0.4) is 0 Å². The first-order valence-corrected chi connectivity index (χ1v) is 9.22. The maximum atomic E-state index is 12.7. The van der Waals surface area contributed by atoms with Gasteiger partial charge in [-0.15, -0.1) is 11.8 Å². The highest BCUT2D eigenvalue weighted by molar-refractivity contribution is 8.00. The molecule has 0 aliphatic heterocycles. The predicted molar refractivity (Wildman–Crippen MR) is 104 cm³/mol. The highest BCUT2D eigenvalue weighted by Gasteiger charge is 2.23.